The lowest BCUT2D eigenvalue weighted by atomic mass is 10.3. The molecule has 0 unspecified atom stereocenters. The normalized spacial score (nSPS) is 10.9. The van der Waals surface area contributed by atoms with Gasteiger partial charge in [0.1, 0.15) is 4.34 Å². The van der Waals surface area contributed by atoms with Crippen molar-refractivity contribution in [2.24, 2.45) is 0 Å². The van der Waals surface area contributed by atoms with Crippen molar-refractivity contribution in [3.8, 4) is 0 Å². The quantitative estimate of drug-likeness (QED) is 0.639. The standard InChI is InChI=1S/C8H3BrCl2S/c9-5-3-1-2-4-6(10)8(11)12-7(4)5/h1-3H. The monoisotopic (exact) mass is 280 g/mol. The molecule has 2 rings (SSSR count). The van der Waals surface area contributed by atoms with Gasteiger partial charge in [-0.05, 0) is 22.0 Å². The van der Waals surface area contributed by atoms with Crippen molar-refractivity contribution in [3.63, 3.8) is 0 Å². The summed E-state index contributed by atoms with van der Waals surface area (Å²) < 4.78 is 2.80. The van der Waals surface area contributed by atoms with Crippen LogP contribution in [-0.4, -0.2) is 0 Å². The summed E-state index contributed by atoms with van der Waals surface area (Å²) in [5, 5.41) is 1.67. The number of hydrogen-bond donors (Lipinski definition) is 0. The lowest BCUT2D eigenvalue weighted by molar-refractivity contribution is 1.80. The maximum Gasteiger partial charge on any atom is 0.113 e. The SMILES string of the molecule is Clc1sc2c(Br)cccc2c1Cl. The summed E-state index contributed by atoms with van der Waals surface area (Å²) in [5.74, 6) is 0. The fraction of sp³-hybridized carbons (Fsp3) is 0. The van der Waals surface area contributed by atoms with Gasteiger partial charge in [0.25, 0.3) is 0 Å². The van der Waals surface area contributed by atoms with Crippen LogP contribution in [0.25, 0.3) is 10.1 Å². The highest BCUT2D eigenvalue weighted by molar-refractivity contribution is 9.10. The second-order valence-corrected chi connectivity index (χ2v) is 5.16. The molecule has 0 saturated carbocycles. The Labute approximate surface area is 92.2 Å². The molecule has 12 heavy (non-hydrogen) atoms. The highest BCUT2D eigenvalue weighted by atomic mass is 79.9. The van der Waals surface area contributed by atoms with Crippen molar-refractivity contribution in [1.82, 2.24) is 0 Å². The first-order chi connectivity index (χ1) is 5.70. The predicted molar refractivity (Wildman–Crippen MR) is 59.5 cm³/mol. The molecular formula is C8H3BrCl2S. The van der Waals surface area contributed by atoms with Gasteiger partial charge < -0.3 is 0 Å². The second kappa shape index (κ2) is 3.18. The summed E-state index contributed by atoms with van der Waals surface area (Å²) in [6, 6.07) is 5.89. The van der Waals surface area contributed by atoms with Gasteiger partial charge in [0.05, 0.1) is 9.72 Å². The van der Waals surface area contributed by atoms with E-state index < -0.39 is 0 Å². The van der Waals surface area contributed by atoms with Crippen LogP contribution in [0, 0.1) is 0 Å². The third-order valence-electron chi connectivity index (χ3n) is 1.57. The zero-order valence-corrected chi connectivity index (χ0v) is 9.69. The van der Waals surface area contributed by atoms with Crippen LogP contribution in [-0.2, 0) is 0 Å². The summed E-state index contributed by atoms with van der Waals surface area (Å²) in [5.41, 5.74) is 0. The zero-order valence-electron chi connectivity index (χ0n) is 5.77. The molecule has 0 atom stereocenters. The number of thiophene rings is 1. The van der Waals surface area contributed by atoms with E-state index in [1.165, 1.54) is 11.3 Å². The van der Waals surface area contributed by atoms with Crippen LogP contribution in [0.4, 0.5) is 0 Å². The van der Waals surface area contributed by atoms with Crippen LogP contribution in [0.3, 0.4) is 0 Å². The fourth-order valence-corrected chi connectivity index (χ4v) is 3.12. The summed E-state index contributed by atoms with van der Waals surface area (Å²) >= 11 is 16.8. The minimum Gasteiger partial charge on any atom is -0.121 e. The summed E-state index contributed by atoms with van der Waals surface area (Å²) in [4.78, 5) is 0. The van der Waals surface area contributed by atoms with E-state index in [-0.39, 0.29) is 0 Å². The van der Waals surface area contributed by atoms with E-state index in [0.717, 1.165) is 14.6 Å². The molecule has 1 aromatic carbocycles. The molecule has 0 fully saturated rings. The molecule has 0 spiro atoms. The van der Waals surface area contributed by atoms with Gasteiger partial charge in [0.15, 0.2) is 0 Å². The van der Waals surface area contributed by atoms with E-state index in [2.05, 4.69) is 15.9 Å². The van der Waals surface area contributed by atoms with Gasteiger partial charge in [-0.1, -0.05) is 35.3 Å². The maximum absolute atomic E-state index is 5.97. The Hall–Kier alpha value is 0.240. The van der Waals surface area contributed by atoms with E-state index in [0.29, 0.717) is 9.36 Å². The largest absolute Gasteiger partial charge is 0.121 e. The van der Waals surface area contributed by atoms with Gasteiger partial charge in [-0.25, -0.2) is 0 Å². The lowest BCUT2D eigenvalue weighted by Crippen LogP contribution is -1.64. The smallest absolute Gasteiger partial charge is 0.113 e. The zero-order chi connectivity index (χ0) is 8.72. The number of rotatable bonds is 0. The first-order valence-electron chi connectivity index (χ1n) is 3.22. The molecule has 62 valence electrons. The molecule has 0 aliphatic rings. The predicted octanol–water partition coefficient (Wildman–Crippen LogP) is 4.97. The minimum atomic E-state index is 0.651. The molecule has 0 radical (unpaired) electrons. The van der Waals surface area contributed by atoms with E-state index in [1.807, 2.05) is 18.2 Å². The Morgan fingerprint density at radius 3 is 2.67 bits per heavy atom. The third kappa shape index (κ3) is 1.27. The molecule has 0 N–H and O–H groups in total. The Morgan fingerprint density at radius 2 is 2.00 bits per heavy atom. The molecule has 0 amide bonds. The molecule has 4 heteroatoms. The Kier molecular flexibility index (Phi) is 2.34. The van der Waals surface area contributed by atoms with Gasteiger partial charge in [-0.15, -0.1) is 11.3 Å². The average molecular weight is 282 g/mol. The van der Waals surface area contributed by atoms with Crippen LogP contribution < -0.4 is 0 Å². The molecule has 2 aromatic rings. The number of halogens is 3. The van der Waals surface area contributed by atoms with Crippen LogP contribution >= 0.6 is 50.5 Å². The van der Waals surface area contributed by atoms with E-state index in [1.54, 1.807) is 0 Å². The third-order valence-corrected chi connectivity index (χ3v) is 4.54. The number of hydrogen-bond acceptors (Lipinski definition) is 1. The molecule has 0 aliphatic carbocycles. The molecular weight excluding hydrogens is 279 g/mol. The highest BCUT2D eigenvalue weighted by Crippen LogP contribution is 2.41. The van der Waals surface area contributed by atoms with Crippen molar-refractivity contribution in [1.29, 1.82) is 0 Å². The molecule has 0 bridgehead atoms. The van der Waals surface area contributed by atoms with Crippen LogP contribution in [0.5, 0.6) is 0 Å². The Morgan fingerprint density at radius 1 is 1.25 bits per heavy atom. The highest BCUT2D eigenvalue weighted by Gasteiger charge is 2.09. The summed E-state index contributed by atoms with van der Waals surface area (Å²) in [7, 11) is 0. The molecule has 0 nitrogen and oxygen atoms in total. The van der Waals surface area contributed by atoms with Gasteiger partial charge in [-0.2, -0.15) is 0 Å². The van der Waals surface area contributed by atoms with Gasteiger partial charge in [0, 0.05) is 9.86 Å². The second-order valence-electron chi connectivity index (χ2n) is 2.31. The van der Waals surface area contributed by atoms with Crippen molar-refractivity contribution in [2.75, 3.05) is 0 Å². The van der Waals surface area contributed by atoms with E-state index >= 15 is 0 Å². The Balaban J connectivity index is 2.95. The van der Waals surface area contributed by atoms with Crippen molar-refractivity contribution in [3.05, 3.63) is 32.0 Å². The summed E-state index contributed by atoms with van der Waals surface area (Å²) in [6.45, 7) is 0. The average Bonchev–Trinajstić information content (AvgIpc) is 2.32. The first-order valence-corrected chi connectivity index (χ1v) is 5.58. The van der Waals surface area contributed by atoms with Crippen LogP contribution in [0.2, 0.25) is 9.36 Å². The first kappa shape index (κ1) is 8.82. The number of fused-ring (bicyclic) bond motifs is 1. The van der Waals surface area contributed by atoms with E-state index in [4.69, 9.17) is 23.2 Å². The van der Waals surface area contributed by atoms with Gasteiger partial charge >= 0.3 is 0 Å². The van der Waals surface area contributed by atoms with Crippen molar-refractivity contribution in [2.45, 2.75) is 0 Å². The molecule has 0 aliphatic heterocycles. The topological polar surface area (TPSA) is 0 Å². The Bertz CT molecular complexity index is 436. The number of benzene rings is 1. The minimum absolute atomic E-state index is 0.651. The van der Waals surface area contributed by atoms with E-state index in [9.17, 15) is 0 Å². The molecule has 0 saturated heterocycles. The maximum atomic E-state index is 5.97. The molecule has 1 aromatic heterocycles. The lowest BCUT2D eigenvalue weighted by Gasteiger charge is -1.91. The van der Waals surface area contributed by atoms with Crippen molar-refractivity contribution >= 4 is 60.6 Å². The van der Waals surface area contributed by atoms with Crippen LogP contribution in [0.1, 0.15) is 0 Å². The fourth-order valence-electron chi connectivity index (χ4n) is 1.03. The molecule has 1 heterocycles. The van der Waals surface area contributed by atoms with Gasteiger partial charge in [0.2, 0.25) is 0 Å². The van der Waals surface area contributed by atoms with Crippen molar-refractivity contribution < 1.29 is 0 Å². The summed E-state index contributed by atoms with van der Waals surface area (Å²) in [6.07, 6.45) is 0. The van der Waals surface area contributed by atoms with Crippen LogP contribution in [0.15, 0.2) is 22.7 Å². The van der Waals surface area contributed by atoms with Gasteiger partial charge in [-0.3, -0.25) is 0 Å².